The summed E-state index contributed by atoms with van der Waals surface area (Å²) in [6.07, 6.45) is 4.60. The topological polar surface area (TPSA) is 81.8 Å². The van der Waals surface area contributed by atoms with Crippen LogP contribution in [0.25, 0.3) is 10.2 Å². The van der Waals surface area contributed by atoms with Crippen LogP contribution in [-0.4, -0.2) is 25.3 Å². The molecule has 9 heteroatoms. The maximum atomic E-state index is 13.3. The molecule has 1 aliphatic rings. The van der Waals surface area contributed by atoms with Gasteiger partial charge in [0.1, 0.15) is 10.7 Å². The Morgan fingerprint density at radius 1 is 1.38 bits per heavy atom. The first kappa shape index (κ1) is 20.3. The van der Waals surface area contributed by atoms with Crippen molar-refractivity contribution >= 4 is 43.4 Å². The number of aromatic nitrogens is 4. The number of amides is 1. The minimum Gasteiger partial charge on any atom is -0.274 e. The molecule has 7 nitrogen and oxygen atoms in total. The van der Waals surface area contributed by atoms with E-state index in [1.165, 1.54) is 14.2 Å². The SMILES string of the molecule is Cc1nc2sc3c(c2c(=O)n1NC(=O)c1nn(C)cc1Br)CC[C@@H](C(C)(C)C)C3. The van der Waals surface area contributed by atoms with E-state index in [4.69, 9.17) is 0 Å². The number of hydrogen-bond donors (Lipinski definition) is 1. The summed E-state index contributed by atoms with van der Waals surface area (Å²) in [5.41, 5.74) is 4.01. The molecular weight excluding hydrogens is 454 g/mol. The lowest BCUT2D eigenvalue weighted by atomic mass is 9.72. The lowest BCUT2D eigenvalue weighted by Gasteiger charge is -2.33. The smallest absolute Gasteiger partial charge is 0.274 e. The van der Waals surface area contributed by atoms with E-state index in [0.717, 1.165) is 29.7 Å². The third-order valence-corrected chi connectivity index (χ3v) is 7.42. The van der Waals surface area contributed by atoms with Crippen LogP contribution in [0.5, 0.6) is 0 Å². The Balaban J connectivity index is 1.75. The van der Waals surface area contributed by atoms with Crippen molar-refractivity contribution in [2.24, 2.45) is 18.4 Å². The van der Waals surface area contributed by atoms with Gasteiger partial charge in [-0.2, -0.15) is 5.10 Å². The van der Waals surface area contributed by atoms with Gasteiger partial charge < -0.3 is 0 Å². The normalized spacial score (nSPS) is 16.8. The second-order valence-corrected chi connectivity index (χ2v) is 10.7. The minimum absolute atomic E-state index is 0.222. The van der Waals surface area contributed by atoms with Gasteiger partial charge in [0, 0.05) is 18.1 Å². The molecule has 154 valence electrons. The molecule has 1 atom stereocenters. The summed E-state index contributed by atoms with van der Waals surface area (Å²) in [6.45, 7) is 8.55. The van der Waals surface area contributed by atoms with Crippen molar-refractivity contribution in [3.05, 3.63) is 43.0 Å². The van der Waals surface area contributed by atoms with Crippen molar-refractivity contribution in [1.29, 1.82) is 0 Å². The summed E-state index contributed by atoms with van der Waals surface area (Å²) in [5, 5.41) is 4.79. The molecule has 0 radical (unpaired) electrons. The van der Waals surface area contributed by atoms with Crippen LogP contribution in [-0.2, 0) is 19.9 Å². The van der Waals surface area contributed by atoms with Crippen LogP contribution in [0.3, 0.4) is 0 Å². The lowest BCUT2D eigenvalue weighted by molar-refractivity contribution is 0.1000. The van der Waals surface area contributed by atoms with Crippen LogP contribution in [0.4, 0.5) is 0 Å². The van der Waals surface area contributed by atoms with E-state index in [2.05, 4.69) is 52.2 Å². The molecule has 1 aliphatic carbocycles. The number of carbonyl (C=O) groups excluding carboxylic acids is 1. The number of nitrogens with zero attached hydrogens (tertiary/aromatic N) is 4. The molecule has 0 saturated carbocycles. The number of thiophene rings is 1. The fraction of sp³-hybridized carbons (Fsp3) is 0.500. The highest BCUT2D eigenvalue weighted by Gasteiger charge is 2.32. The maximum Gasteiger partial charge on any atom is 0.291 e. The van der Waals surface area contributed by atoms with Gasteiger partial charge in [-0.3, -0.25) is 19.7 Å². The van der Waals surface area contributed by atoms with E-state index >= 15 is 0 Å². The monoisotopic (exact) mass is 477 g/mol. The van der Waals surface area contributed by atoms with Gasteiger partial charge in [0.05, 0.1) is 9.86 Å². The summed E-state index contributed by atoms with van der Waals surface area (Å²) in [6, 6.07) is 0. The summed E-state index contributed by atoms with van der Waals surface area (Å²) >= 11 is 4.94. The van der Waals surface area contributed by atoms with Gasteiger partial charge in [0.25, 0.3) is 11.5 Å². The largest absolute Gasteiger partial charge is 0.291 e. The molecule has 4 rings (SSSR count). The van der Waals surface area contributed by atoms with Crippen molar-refractivity contribution in [2.75, 3.05) is 5.43 Å². The average molecular weight is 478 g/mol. The molecule has 3 aromatic rings. The molecule has 0 bridgehead atoms. The van der Waals surface area contributed by atoms with Crippen molar-refractivity contribution in [1.82, 2.24) is 19.4 Å². The fourth-order valence-electron chi connectivity index (χ4n) is 3.97. The third-order valence-electron chi connectivity index (χ3n) is 5.69. The zero-order chi connectivity index (χ0) is 21.1. The first-order valence-corrected chi connectivity index (χ1v) is 11.2. The van der Waals surface area contributed by atoms with Crippen molar-refractivity contribution < 1.29 is 4.79 Å². The Kier molecular flexibility index (Phi) is 4.93. The van der Waals surface area contributed by atoms with E-state index in [1.54, 1.807) is 31.5 Å². The number of carbonyl (C=O) groups is 1. The quantitative estimate of drug-likeness (QED) is 0.608. The highest BCUT2D eigenvalue weighted by molar-refractivity contribution is 9.10. The Bertz CT molecular complexity index is 1180. The van der Waals surface area contributed by atoms with Gasteiger partial charge in [0.15, 0.2) is 5.69 Å². The predicted octanol–water partition coefficient (Wildman–Crippen LogP) is 3.80. The fourth-order valence-corrected chi connectivity index (χ4v) is 5.86. The highest BCUT2D eigenvalue weighted by atomic mass is 79.9. The standard InChI is InChI=1S/C20H24BrN5O2S/c1-10-22-18-15(12-7-6-11(20(2,3)4)8-14(12)29-18)19(28)26(10)24-17(27)16-13(21)9-25(5)23-16/h9,11H,6-8H2,1-5H3,(H,24,27)/t11-/m1/s1. The molecule has 1 amide bonds. The number of aryl methyl sites for hydroxylation is 3. The van der Waals surface area contributed by atoms with Crippen molar-refractivity contribution in [3.8, 4) is 0 Å². The van der Waals surface area contributed by atoms with Crippen LogP contribution in [0, 0.1) is 18.3 Å². The molecule has 3 heterocycles. The molecule has 0 saturated heterocycles. The summed E-state index contributed by atoms with van der Waals surface area (Å²) in [5.74, 6) is 0.585. The van der Waals surface area contributed by atoms with Crippen molar-refractivity contribution in [2.45, 2.75) is 47.0 Å². The van der Waals surface area contributed by atoms with Crippen LogP contribution in [0.2, 0.25) is 0 Å². The van der Waals surface area contributed by atoms with Gasteiger partial charge in [-0.15, -0.1) is 11.3 Å². The molecular formula is C20H24BrN5O2S. The molecule has 1 N–H and O–H groups in total. The second-order valence-electron chi connectivity index (χ2n) is 8.73. The molecule has 0 unspecified atom stereocenters. The number of fused-ring (bicyclic) bond motifs is 3. The Hall–Kier alpha value is -2.00. The summed E-state index contributed by atoms with van der Waals surface area (Å²) < 4.78 is 3.35. The molecule has 3 aromatic heterocycles. The van der Waals surface area contributed by atoms with E-state index in [1.807, 2.05) is 0 Å². The zero-order valence-corrected chi connectivity index (χ0v) is 19.6. The van der Waals surface area contributed by atoms with Crippen LogP contribution >= 0.6 is 27.3 Å². The number of hydrogen-bond acceptors (Lipinski definition) is 5. The van der Waals surface area contributed by atoms with E-state index in [0.29, 0.717) is 21.6 Å². The van der Waals surface area contributed by atoms with E-state index in [-0.39, 0.29) is 16.7 Å². The minimum atomic E-state index is -0.458. The molecule has 0 aromatic carbocycles. The maximum absolute atomic E-state index is 13.3. The Morgan fingerprint density at radius 3 is 2.72 bits per heavy atom. The van der Waals surface area contributed by atoms with Crippen molar-refractivity contribution in [3.63, 3.8) is 0 Å². The Morgan fingerprint density at radius 2 is 2.10 bits per heavy atom. The van der Waals surface area contributed by atoms with Gasteiger partial charge in [-0.1, -0.05) is 20.8 Å². The van der Waals surface area contributed by atoms with Crippen LogP contribution < -0.4 is 11.0 Å². The van der Waals surface area contributed by atoms with Gasteiger partial charge in [-0.25, -0.2) is 9.66 Å². The van der Waals surface area contributed by atoms with Gasteiger partial charge in [-0.05, 0) is 59.0 Å². The first-order chi connectivity index (χ1) is 13.6. The van der Waals surface area contributed by atoms with Gasteiger partial charge in [0.2, 0.25) is 0 Å². The molecule has 0 spiro atoms. The van der Waals surface area contributed by atoms with E-state index < -0.39 is 5.91 Å². The molecule has 0 fully saturated rings. The number of rotatable bonds is 2. The molecule has 29 heavy (non-hydrogen) atoms. The number of halogens is 1. The molecule has 0 aliphatic heterocycles. The Labute approximate surface area is 181 Å². The predicted molar refractivity (Wildman–Crippen MR) is 118 cm³/mol. The van der Waals surface area contributed by atoms with Crippen LogP contribution in [0.1, 0.15) is 53.9 Å². The van der Waals surface area contributed by atoms with Gasteiger partial charge >= 0.3 is 0 Å². The highest BCUT2D eigenvalue weighted by Crippen LogP contribution is 2.42. The first-order valence-electron chi connectivity index (χ1n) is 9.60. The average Bonchev–Trinajstić information content (AvgIpc) is 3.15. The third kappa shape index (κ3) is 3.54. The van der Waals surface area contributed by atoms with Crippen LogP contribution in [0.15, 0.2) is 15.5 Å². The lowest BCUT2D eigenvalue weighted by Crippen LogP contribution is -2.36. The second kappa shape index (κ2) is 7.05. The summed E-state index contributed by atoms with van der Waals surface area (Å²) in [7, 11) is 1.73. The zero-order valence-electron chi connectivity index (χ0n) is 17.2. The summed E-state index contributed by atoms with van der Waals surface area (Å²) in [4.78, 5) is 32.6. The van der Waals surface area contributed by atoms with E-state index in [9.17, 15) is 9.59 Å². The number of nitrogens with one attached hydrogen (secondary N) is 1.